The first-order valence-electron chi connectivity index (χ1n) is 7.04. The number of benzene rings is 2. The monoisotopic (exact) mass is 303 g/mol. The molecule has 1 aliphatic rings. The molecule has 4 heteroatoms. The van der Waals surface area contributed by atoms with Crippen molar-refractivity contribution in [1.82, 2.24) is 0 Å². The molecule has 1 atom stereocenters. The molecule has 110 valence electrons. The van der Waals surface area contributed by atoms with Crippen LogP contribution in [0.25, 0.3) is 0 Å². The molecule has 0 radical (unpaired) electrons. The van der Waals surface area contributed by atoms with Crippen molar-refractivity contribution >= 4 is 17.3 Å². The van der Waals surface area contributed by atoms with E-state index in [1.807, 2.05) is 43.4 Å². The Kier molecular flexibility index (Phi) is 4.20. The zero-order chi connectivity index (χ0) is 14.7. The summed E-state index contributed by atoms with van der Waals surface area (Å²) in [7, 11) is 2.04. The maximum atomic E-state index is 6.56. The van der Waals surface area contributed by atoms with E-state index in [9.17, 15) is 0 Å². The highest BCUT2D eigenvalue weighted by molar-refractivity contribution is 6.21. The van der Waals surface area contributed by atoms with Crippen molar-refractivity contribution in [3.8, 4) is 11.5 Å². The average molecular weight is 304 g/mol. The first-order chi connectivity index (χ1) is 10.2. The van der Waals surface area contributed by atoms with E-state index in [0.717, 1.165) is 29.3 Å². The van der Waals surface area contributed by atoms with Crippen LogP contribution >= 0.6 is 11.6 Å². The first kappa shape index (κ1) is 14.1. The van der Waals surface area contributed by atoms with Crippen LogP contribution in [0, 0.1) is 0 Å². The zero-order valence-electron chi connectivity index (χ0n) is 12.0. The molecule has 0 spiro atoms. The zero-order valence-corrected chi connectivity index (χ0v) is 12.7. The molecule has 0 saturated carbocycles. The normalized spacial score (nSPS) is 14.6. The lowest BCUT2D eigenvalue weighted by atomic mass is 10.1. The van der Waals surface area contributed by atoms with Crippen LogP contribution in [0.15, 0.2) is 48.5 Å². The Morgan fingerprint density at radius 2 is 1.76 bits per heavy atom. The van der Waals surface area contributed by atoms with Gasteiger partial charge in [0.2, 0.25) is 0 Å². The van der Waals surface area contributed by atoms with Crippen LogP contribution in [0.4, 0.5) is 5.69 Å². The van der Waals surface area contributed by atoms with Gasteiger partial charge in [0.25, 0.3) is 0 Å². The summed E-state index contributed by atoms with van der Waals surface area (Å²) in [6.45, 7) is 1.92. The number of nitrogens with zero attached hydrogens (tertiary/aromatic N) is 1. The minimum absolute atomic E-state index is 0.106. The summed E-state index contributed by atoms with van der Waals surface area (Å²) in [5.41, 5.74) is 2.20. The minimum Gasteiger partial charge on any atom is -0.486 e. The van der Waals surface area contributed by atoms with Crippen LogP contribution in [-0.2, 0) is 0 Å². The van der Waals surface area contributed by atoms with Gasteiger partial charge in [-0.1, -0.05) is 24.3 Å². The van der Waals surface area contributed by atoms with Crippen molar-refractivity contribution in [1.29, 1.82) is 0 Å². The van der Waals surface area contributed by atoms with Crippen LogP contribution < -0.4 is 14.4 Å². The summed E-state index contributed by atoms with van der Waals surface area (Å²) in [5, 5.41) is -0.106. The summed E-state index contributed by atoms with van der Waals surface area (Å²) >= 11 is 6.56. The number of ether oxygens (including phenoxy) is 2. The molecule has 0 aliphatic carbocycles. The lowest BCUT2D eigenvalue weighted by molar-refractivity contribution is 0.171. The molecule has 1 heterocycles. The third-order valence-corrected chi connectivity index (χ3v) is 3.95. The molecule has 0 fully saturated rings. The number of likely N-dealkylation sites (N-methyl/N-ethyl adjacent to an activating group) is 1. The highest BCUT2D eigenvalue weighted by atomic mass is 35.5. The smallest absolute Gasteiger partial charge is 0.161 e. The Bertz CT molecular complexity index is 603. The highest BCUT2D eigenvalue weighted by Crippen LogP contribution is 2.34. The minimum atomic E-state index is -0.106. The van der Waals surface area contributed by atoms with Crippen molar-refractivity contribution < 1.29 is 9.47 Å². The predicted molar refractivity (Wildman–Crippen MR) is 85.7 cm³/mol. The Labute approximate surface area is 130 Å². The Morgan fingerprint density at radius 1 is 1.05 bits per heavy atom. The van der Waals surface area contributed by atoms with Gasteiger partial charge in [0.05, 0.1) is 5.38 Å². The van der Waals surface area contributed by atoms with Crippen LogP contribution in [-0.4, -0.2) is 26.8 Å². The number of rotatable bonds is 4. The molecule has 3 rings (SSSR count). The number of anilines is 1. The molecular weight excluding hydrogens is 286 g/mol. The van der Waals surface area contributed by atoms with Gasteiger partial charge in [-0.05, 0) is 29.8 Å². The lowest BCUT2D eigenvalue weighted by Crippen LogP contribution is -2.22. The molecule has 0 saturated heterocycles. The van der Waals surface area contributed by atoms with Gasteiger partial charge >= 0.3 is 0 Å². The summed E-state index contributed by atoms with van der Waals surface area (Å²) < 4.78 is 11.1. The molecule has 0 bridgehead atoms. The fourth-order valence-electron chi connectivity index (χ4n) is 2.39. The summed E-state index contributed by atoms with van der Waals surface area (Å²) in [6.07, 6.45) is 0. The van der Waals surface area contributed by atoms with Gasteiger partial charge in [0.15, 0.2) is 11.5 Å². The standard InChI is InChI=1S/C17H18ClNO2/c1-19(14-5-3-2-4-6-14)12-15(18)13-7-8-16-17(11-13)21-10-9-20-16/h2-8,11,15H,9-10,12H2,1H3. The Balaban J connectivity index is 1.72. The molecule has 0 aromatic heterocycles. The van der Waals surface area contributed by atoms with Gasteiger partial charge in [0.1, 0.15) is 13.2 Å². The largest absolute Gasteiger partial charge is 0.486 e. The number of alkyl halides is 1. The molecule has 3 nitrogen and oxygen atoms in total. The first-order valence-corrected chi connectivity index (χ1v) is 7.47. The maximum Gasteiger partial charge on any atom is 0.161 e. The summed E-state index contributed by atoms with van der Waals surface area (Å²) in [6, 6.07) is 16.1. The van der Waals surface area contributed by atoms with Gasteiger partial charge < -0.3 is 14.4 Å². The number of halogens is 1. The van der Waals surface area contributed by atoms with Crippen LogP contribution in [0.3, 0.4) is 0 Å². The molecule has 0 amide bonds. The molecule has 2 aromatic carbocycles. The molecule has 21 heavy (non-hydrogen) atoms. The second-order valence-electron chi connectivity index (χ2n) is 5.09. The fraction of sp³-hybridized carbons (Fsp3) is 0.294. The second-order valence-corrected chi connectivity index (χ2v) is 5.61. The third-order valence-electron chi connectivity index (χ3n) is 3.56. The molecule has 1 aliphatic heterocycles. The van der Waals surface area contributed by atoms with Crippen molar-refractivity contribution in [2.75, 3.05) is 31.7 Å². The SMILES string of the molecule is CN(CC(Cl)c1ccc2c(c1)OCCO2)c1ccccc1. The number of para-hydroxylation sites is 1. The lowest BCUT2D eigenvalue weighted by Gasteiger charge is -2.24. The van der Waals surface area contributed by atoms with E-state index in [1.165, 1.54) is 0 Å². The van der Waals surface area contributed by atoms with Crippen molar-refractivity contribution in [3.05, 3.63) is 54.1 Å². The van der Waals surface area contributed by atoms with E-state index in [1.54, 1.807) is 0 Å². The van der Waals surface area contributed by atoms with E-state index in [0.29, 0.717) is 13.2 Å². The highest BCUT2D eigenvalue weighted by Gasteiger charge is 2.16. The van der Waals surface area contributed by atoms with Crippen molar-refractivity contribution in [2.24, 2.45) is 0 Å². The van der Waals surface area contributed by atoms with Crippen LogP contribution in [0.5, 0.6) is 11.5 Å². The summed E-state index contributed by atoms with van der Waals surface area (Å²) in [5.74, 6) is 1.58. The number of fused-ring (bicyclic) bond motifs is 1. The summed E-state index contributed by atoms with van der Waals surface area (Å²) in [4.78, 5) is 2.15. The molecule has 2 aromatic rings. The topological polar surface area (TPSA) is 21.7 Å². The molecule has 1 unspecified atom stereocenters. The molecular formula is C17H18ClNO2. The van der Waals surface area contributed by atoms with E-state index < -0.39 is 0 Å². The van der Waals surface area contributed by atoms with E-state index in [4.69, 9.17) is 21.1 Å². The van der Waals surface area contributed by atoms with Crippen molar-refractivity contribution in [2.45, 2.75) is 5.38 Å². The number of hydrogen-bond acceptors (Lipinski definition) is 3. The fourth-order valence-corrected chi connectivity index (χ4v) is 2.73. The van der Waals surface area contributed by atoms with E-state index >= 15 is 0 Å². The Morgan fingerprint density at radius 3 is 2.52 bits per heavy atom. The van der Waals surface area contributed by atoms with Crippen LogP contribution in [0.1, 0.15) is 10.9 Å². The molecule has 0 N–H and O–H groups in total. The van der Waals surface area contributed by atoms with Gasteiger partial charge in [-0.15, -0.1) is 11.6 Å². The third kappa shape index (κ3) is 3.24. The number of hydrogen-bond donors (Lipinski definition) is 0. The van der Waals surface area contributed by atoms with Gasteiger partial charge in [-0.2, -0.15) is 0 Å². The average Bonchev–Trinajstić information content (AvgIpc) is 2.55. The van der Waals surface area contributed by atoms with E-state index in [2.05, 4.69) is 17.0 Å². The van der Waals surface area contributed by atoms with Gasteiger partial charge in [-0.25, -0.2) is 0 Å². The predicted octanol–water partition coefficient (Wildman–Crippen LogP) is 3.87. The van der Waals surface area contributed by atoms with Gasteiger partial charge in [-0.3, -0.25) is 0 Å². The van der Waals surface area contributed by atoms with E-state index in [-0.39, 0.29) is 5.38 Å². The quantitative estimate of drug-likeness (QED) is 0.800. The van der Waals surface area contributed by atoms with Crippen LogP contribution in [0.2, 0.25) is 0 Å². The Hall–Kier alpha value is -1.87. The maximum absolute atomic E-state index is 6.56. The van der Waals surface area contributed by atoms with Gasteiger partial charge in [0, 0.05) is 19.3 Å². The van der Waals surface area contributed by atoms with Crippen molar-refractivity contribution in [3.63, 3.8) is 0 Å². The second kappa shape index (κ2) is 6.27.